The summed E-state index contributed by atoms with van der Waals surface area (Å²) in [7, 11) is 0. The number of carbonyl (C=O) groups excluding carboxylic acids is 1. The molecular formula is C15H17NOS. The summed E-state index contributed by atoms with van der Waals surface area (Å²) >= 11 is 1.54. The molecule has 1 amide bonds. The Morgan fingerprint density at radius 3 is 2.11 bits per heavy atom. The SMILES string of the molecule is Cc1cc(C)cc(NC(=O)c2cc(C)c(C)s2)c1. The minimum atomic E-state index is -0.0267. The Balaban J connectivity index is 2.21. The van der Waals surface area contributed by atoms with E-state index >= 15 is 0 Å². The molecule has 3 heteroatoms. The molecular weight excluding hydrogens is 242 g/mol. The largest absolute Gasteiger partial charge is 0.321 e. The lowest BCUT2D eigenvalue weighted by atomic mass is 10.1. The first-order valence-electron chi connectivity index (χ1n) is 5.92. The summed E-state index contributed by atoms with van der Waals surface area (Å²) in [5.41, 5.74) is 4.35. The Hall–Kier alpha value is -1.61. The first kappa shape index (κ1) is 12.8. The number of hydrogen-bond acceptors (Lipinski definition) is 2. The second-order valence-electron chi connectivity index (χ2n) is 4.68. The number of carbonyl (C=O) groups is 1. The second kappa shape index (κ2) is 4.94. The molecule has 18 heavy (non-hydrogen) atoms. The number of hydrogen-bond donors (Lipinski definition) is 1. The van der Waals surface area contributed by atoms with Crippen molar-refractivity contribution < 1.29 is 4.79 Å². The Morgan fingerprint density at radius 1 is 1.00 bits per heavy atom. The first-order valence-corrected chi connectivity index (χ1v) is 6.74. The van der Waals surface area contributed by atoms with Gasteiger partial charge in [-0.1, -0.05) is 6.07 Å². The van der Waals surface area contributed by atoms with E-state index in [2.05, 4.69) is 11.4 Å². The molecule has 1 aromatic heterocycles. The molecule has 0 bridgehead atoms. The normalized spacial score (nSPS) is 10.4. The maximum absolute atomic E-state index is 12.1. The highest BCUT2D eigenvalue weighted by Gasteiger charge is 2.10. The van der Waals surface area contributed by atoms with Gasteiger partial charge in [0, 0.05) is 10.6 Å². The van der Waals surface area contributed by atoms with Gasteiger partial charge in [-0.2, -0.15) is 0 Å². The van der Waals surface area contributed by atoms with Gasteiger partial charge in [0.05, 0.1) is 4.88 Å². The van der Waals surface area contributed by atoms with Crippen LogP contribution in [0.4, 0.5) is 5.69 Å². The number of anilines is 1. The summed E-state index contributed by atoms with van der Waals surface area (Å²) in [4.78, 5) is 14.1. The maximum atomic E-state index is 12.1. The molecule has 1 aromatic carbocycles. The zero-order valence-electron chi connectivity index (χ0n) is 11.1. The zero-order valence-corrected chi connectivity index (χ0v) is 11.9. The standard InChI is InChI=1S/C15H17NOS/c1-9-5-10(2)7-13(6-9)16-15(17)14-8-11(3)12(4)18-14/h5-8H,1-4H3,(H,16,17). The second-order valence-corrected chi connectivity index (χ2v) is 5.94. The fourth-order valence-corrected chi connectivity index (χ4v) is 2.85. The number of rotatable bonds is 2. The lowest BCUT2D eigenvalue weighted by Gasteiger charge is -2.06. The van der Waals surface area contributed by atoms with Crippen molar-refractivity contribution in [1.82, 2.24) is 0 Å². The Bertz CT molecular complexity index is 559. The molecule has 0 aliphatic carbocycles. The quantitative estimate of drug-likeness (QED) is 0.859. The molecule has 0 atom stereocenters. The van der Waals surface area contributed by atoms with Crippen LogP contribution in [0.2, 0.25) is 0 Å². The summed E-state index contributed by atoms with van der Waals surface area (Å²) in [5.74, 6) is -0.0267. The van der Waals surface area contributed by atoms with Crippen molar-refractivity contribution in [3.05, 3.63) is 50.7 Å². The predicted molar refractivity (Wildman–Crippen MR) is 77.7 cm³/mol. The number of thiophene rings is 1. The fraction of sp³-hybridized carbons (Fsp3) is 0.267. The predicted octanol–water partition coefficient (Wildman–Crippen LogP) is 4.23. The van der Waals surface area contributed by atoms with Gasteiger partial charge in [0.2, 0.25) is 0 Å². The van der Waals surface area contributed by atoms with E-state index in [0.717, 1.165) is 21.7 Å². The third-order valence-corrected chi connectivity index (χ3v) is 4.02. The average Bonchev–Trinajstić information content (AvgIpc) is 2.57. The molecule has 0 fully saturated rings. The van der Waals surface area contributed by atoms with Crippen molar-refractivity contribution in [2.45, 2.75) is 27.7 Å². The van der Waals surface area contributed by atoms with Gasteiger partial charge in [-0.3, -0.25) is 4.79 Å². The van der Waals surface area contributed by atoms with Gasteiger partial charge < -0.3 is 5.32 Å². The molecule has 2 aromatic rings. The van der Waals surface area contributed by atoms with E-state index < -0.39 is 0 Å². The molecule has 1 N–H and O–H groups in total. The van der Waals surface area contributed by atoms with Crippen LogP contribution in [0.25, 0.3) is 0 Å². The van der Waals surface area contributed by atoms with Crippen LogP contribution in [0, 0.1) is 27.7 Å². The molecule has 0 unspecified atom stereocenters. The van der Waals surface area contributed by atoms with Crippen LogP contribution in [0.3, 0.4) is 0 Å². The van der Waals surface area contributed by atoms with Crippen LogP contribution < -0.4 is 5.32 Å². The number of amides is 1. The molecule has 0 saturated heterocycles. The summed E-state index contributed by atoms with van der Waals surface area (Å²) < 4.78 is 0. The highest BCUT2D eigenvalue weighted by atomic mass is 32.1. The third kappa shape index (κ3) is 2.79. The van der Waals surface area contributed by atoms with Gasteiger partial charge in [0.1, 0.15) is 0 Å². The van der Waals surface area contributed by atoms with Crippen molar-refractivity contribution >= 4 is 22.9 Å². The Labute approximate surface area is 112 Å². The highest BCUT2D eigenvalue weighted by Crippen LogP contribution is 2.22. The van der Waals surface area contributed by atoms with Gasteiger partial charge in [0.15, 0.2) is 0 Å². The number of aryl methyl sites for hydroxylation is 4. The van der Waals surface area contributed by atoms with Gasteiger partial charge in [-0.25, -0.2) is 0 Å². The van der Waals surface area contributed by atoms with E-state index in [4.69, 9.17) is 0 Å². The van der Waals surface area contributed by atoms with E-state index in [1.165, 1.54) is 21.8 Å². The molecule has 0 aliphatic heterocycles. The van der Waals surface area contributed by atoms with Crippen molar-refractivity contribution in [3.8, 4) is 0 Å². The van der Waals surface area contributed by atoms with E-state index in [-0.39, 0.29) is 5.91 Å². The molecule has 0 aliphatic rings. The zero-order chi connectivity index (χ0) is 13.3. The van der Waals surface area contributed by atoms with E-state index in [0.29, 0.717) is 0 Å². The highest BCUT2D eigenvalue weighted by molar-refractivity contribution is 7.14. The van der Waals surface area contributed by atoms with Crippen LogP contribution >= 0.6 is 11.3 Å². The van der Waals surface area contributed by atoms with Crippen LogP contribution in [0.1, 0.15) is 31.2 Å². The molecule has 0 radical (unpaired) electrons. The van der Waals surface area contributed by atoms with E-state index in [9.17, 15) is 4.79 Å². The molecule has 1 heterocycles. The monoisotopic (exact) mass is 259 g/mol. The van der Waals surface area contributed by atoms with Gasteiger partial charge >= 0.3 is 0 Å². The van der Waals surface area contributed by atoms with Crippen LogP contribution in [-0.4, -0.2) is 5.91 Å². The third-order valence-electron chi connectivity index (χ3n) is 2.87. The smallest absolute Gasteiger partial charge is 0.265 e. The van der Waals surface area contributed by atoms with Crippen molar-refractivity contribution in [2.24, 2.45) is 0 Å². The van der Waals surface area contributed by atoms with Crippen molar-refractivity contribution in [3.63, 3.8) is 0 Å². The summed E-state index contributed by atoms with van der Waals surface area (Å²) in [6.45, 7) is 8.12. The molecule has 0 saturated carbocycles. The van der Waals surface area contributed by atoms with Crippen molar-refractivity contribution in [2.75, 3.05) is 5.32 Å². The molecule has 2 rings (SSSR count). The number of benzene rings is 1. The lowest BCUT2D eigenvalue weighted by molar-refractivity contribution is 0.103. The first-order chi connectivity index (χ1) is 8.45. The van der Waals surface area contributed by atoms with Crippen LogP contribution in [0.5, 0.6) is 0 Å². The van der Waals surface area contributed by atoms with Gasteiger partial charge in [-0.05, 0) is 62.6 Å². The summed E-state index contributed by atoms with van der Waals surface area (Å²) in [6, 6.07) is 8.00. The van der Waals surface area contributed by atoms with Gasteiger partial charge in [0.25, 0.3) is 5.91 Å². The van der Waals surface area contributed by atoms with Crippen molar-refractivity contribution in [1.29, 1.82) is 0 Å². The Kier molecular flexibility index (Phi) is 3.53. The lowest BCUT2D eigenvalue weighted by Crippen LogP contribution is -2.10. The molecule has 94 valence electrons. The average molecular weight is 259 g/mol. The van der Waals surface area contributed by atoms with Gasteiger partial charge in [-0.15, -0.1) is 11.3 Å². The molecule has 0 spiro atoms. The van der Waals surface area contributed by atoms with Crippen LogP contribution in [0.15, 0.2) is 24.3 Å². The summed E-state index contributed by atoms with van der Waals surface area (Å²) in [5, 5.41) is 2.95. The minimum absolute atomic E-state index is 0.0267. The Morgan fingerprint density at radius 2 is 1.61 bits per heavy atom. The minimum Gasteiger partial charge on any atom is -0.321 e. The van der Waals surface area contributed by atoms with E-state index in [1.54, 1.807) is 0 Å². The topological polar surface area (TPSA) is 29.1 Å². The van der Waals surface area contributed by atoms with Crippen LogP contribution in [-0.2, 0) is 0 Å². The summed E-state index contributed by atoms with van der Waals surface area (Å²) in [6.07, 6.45) is 0. The maximum Gasteiger partial charge on any atom is 0.265 e. The fourth-order valence-electron chi connectivity index (χ4n) is 1.92. The van der Waals surface area contributed by atoms with E-state index in [1.807, 2.05) is 45.9 Å². The molecule has 2 nitrogen and oxygen atoms in total. The number of nitrogens with one attached hydrogen (secondary N) is 1.